The van der Waals surface area contributed by atoms with Crippen LogP contribution in [-0.2, 0) is 24.0 Å². The highest BCUT2D eigenvalue weighted by Gasteiger charge is 2.54. The van der Waals surface area contributed by atoms with Crippen molar-refractivity contribution in [2.75, 3.05) is 24.3 Å². The van der Waals surface area contributed by atoms with Crippen LogP contribution in [0, 0.1) is 0 Å². The number of thiazole rings is 1. The molecular weight excluding hydrogens is 524 g/mol. The molecule has 3 aliphatic heterocycles. The highest BCUT2D eigenvalue weighted by molar-refractivity contribution is 8.01. The molecule has 0 spiro atoms. The van der Waals surface area contributed by atoms with E-state index in [4.69, 9.17) is 5.73 Å². The number of nitrogens with two attached hydrogens (primary N) is 1. The van der Waals surface area contributed by atoms with Crippen LogP contribution < -0.4 is 21.8 Å². The van der Waals surface area contributed by atoms with Crippen molar-refractivity contribution in [1.82, 2.24) is 31.0 Å². The number of nitrogens with zero attached hydrogens (tertiary/aromatic N) is 4. The standard InChI is InChI=1S/C17H18N8O7S3/c1-24-17(21-11(27)12(28)22-24)35-3-5-2-33-14-8(13(29)25(14)9(5)15(30)31)20-10(26)7(23-32)6-4-34-16(18)19-6/h4,8,14,17,32H,2-3H2,1H3,(H2,18,19)(H,20,26)(H,21,27)(H,22,28)(H,30,31)/b23-7-/t8-,14-,17+/m0/s1. The summed E-state index contributed by atoms with van der Waals surface area (Å²) in [4.78, 5) is 65.4. The fraction of sp³-hybridized carbons (Fsp3) is 0.353. The lowest BCUT2D eigenvalue weighted by atomic mass is 10.0. The van der Waals surface area contributed by atoms with Crippen molar-refractivity contribution in [1.29, 1.82) is 0 Å². The molecule has 7 N–H and O–H groups in total. The third-order valence-electron chi connectivity index (χ3n) is 5.12. The maximum absolute atomic E-state index is 12.8. The summed E-state index contributed by atoms with van der Waals surface area (Å²) in [5, 5.41) is 29.2. The van der Waals surface area contributed by atoms with Crippen LogP contribution in [0.4, 0.5) is 5.13 Å². The summed E-state index contributed by atoms with van der Waals surface area (Å²) in [6.45, 7) is 0. The largest absolute Gasteiger partial charge is 0.477 e. The Hall–Kier alpha value is -3.35. The number of aliphatic carboxylic acids is 1. The van der Waals surface area contributed by atoms with Crippen LogP contribution in [0.1, 0.15) is 5.69 Å². The lowest BCUT2D eigenvalue weighted by molar-refractivity contribution is -0.150. The van der Waals surface area contributed by atoms with E-state index in [1.54, 1.807) is 7.05 Å². The molecule has 4 rings (SSSR count). The van der Waals surface area contributed by atoms with E-state index < -0.39 is 52.2 Å². The topological polar surface area (TPSA) is 220 Å². The second-order valence-corrected chi connectivity index (χ2v) is 10.4. The van der Waals surface area contributed by atoms with Crippen molar-refractivity contribution in [3.05, 3.63) is 22.3 Å². The van der Waals surface area contributed by atoms with Gasteiger partial charge in [-0.1, -0.05) is 5.16 Å². The molecule has 2 fully saturated rings. The van der Waals surface area contributed by atoms with Gasteiger partial charge in [-0.15, -0.1) is 34.9 Å². The Labute approximate surface area is 209 Å². The third kappa shape index (κ3) is 4.64. The molecule has 0 unspecified atom stereocenters. The van der Waals surface area contributed by atoms with Gasteiger partial charge in [-0.05, 0) is 5.57 Å². The number of fused-ring (bicyclic) bond motifs is 1. The zero-order chi connectivity index (χ0) is 25.4. The Bertz CT molecular complexity index is 1180. The number of aromatic nitrogens is 1. The van der Waals surface area contributed by atoms with Gasteiger partial charge in [0.2, 0.25) is 0 Å². The van der Waals surface area contributed by atoms with Crippen LogP contribution in [0.2, 0.25) is 0 Å². The van der Waals surface area contributed by atoms with E-state index >= 15 is 0 Å². The van der Waals surface area contributed by atoms with E-state index in [-0.39, 0.29) is 28.0 Å². The molecule has 2 saturated heterocycles. The first-order chi connectivity index (χ1) is 16.6. The Balaban J connectivity index is 1.45. The summed E-state index contributed by atoms with van der Waals surface area (Å²) in [7, 11) is 1.54. The minimum atomic E-state index is -1.31. The van der Waals surface area contributed by atoms with Crippen molar-refractivity contribution in [3.63, 3.8) is 0 Å². The molecular formula is C17H18N8O7S3. The number of carbonyl (C=O) groups excluding carboxylic acids is 4. The first-order valence-corrected chi connectivity index (χ1v) is 12.7. The zero-order valence-corrected chi connectivity index (χ0v) is 20.2. The van der Waals surface area contributed by atoms with Crippen molar-refractivity contribution >= 4 is 75.3 Å². The van der Waals surface area contributed by atoms with Crippen LogP contribution in [0.15, 0.2) is 21.8 Å². The minimum Gasteiger partial charge on any atom is -0.477 e. The quantitative estimate of drug-likeness (QED) is 0.0707. The molecule has 4 amide bonds. The number of carboxylic acids is 1. The van der Waals surface area contributed by atoms with Gasteiger partial charge in [0.25, 0.3) is 11.8 Å². The molecule has 15 nitrogen and oxygen atoms in total. The number of hydrazine groups is 1. The highest BCUT2D eigenvalue weighted by Crippen LogP contribution is 2.41. The number of β-lactam (4-membered cyclic amide) rings is 1. The van der Waals surface area contributed by atoms with Crippen LogP contribution in [0.3, 0.4) is 0 Å². The van der Waals surface area contributed by atoms with Crippen LogP contribution >= 0.6 is 34.9 Å². The molecule has 3 aliphatic rings. The van der Waals surface area contributed by atoms with Gasteiger partial charge in [0.1, 0.15) is 28.3 Å². The zero-order valence-electron chi connectivity index (χ0n) is 17.8. The van der Waals surface area contributed by atoms with E-state index in [2.05, 4.69) is 26.2 Å². The Kier molecular flexibility index (Phi) is 6.88. The number of nitrogens with one attached hydrogen (secondary N) is 3. The number of thioether (sulfide) groups is 2. The molecule has 0 saturated carbocycles. The fourth-order valence-electron chi connectivity index (χ4n) is 3.49. The summed E-state index contributed by atoms with van der Waals surface area (Å²) in [5.41, 5.74) is 7.12. The van der Waals surface area contributed by atoms with Crippen LogP contribution in [0.25, 0.3) is 0 Å². The lowest BCUT2D eigenvalue weighted by Gasteiger charge is -2.49. The molecule has 35 heavy (non-hydrogen) atoms. The Morgan fingerprint density at radius 1 is 1.37 bits per heavy atom. The first kappa shape index (κ1) is 24.8. The summed E-state index contributed by atoms with van der Waals surface area (Å²) in [5.74, 6) is -4.03. The van der Waals surface area contributed by atoms with Gasteiger partial charge in [-0.25, -0.2) is 9.78 Å². The number of rotatable bonds is 7. The van der Waals surface area contributed by atoms with E-state index in [1.807, 2.05) is 0 Å². The molecule has 0 radical (unpaired) electrons. The van der Waals surface area contributed by atoms with Gasteiger partial charge >= 0.3 is 17.8 Å². The number of oxime groups is 1. The Morgan fingerprint density at radius 3 is 2.74 bits per heavy atom. The predicted octanol–water partition coefficient (Wildman–Crippen LogP) is -2.25. The van der Waals surface area contributed by atoms with E-state index in [1.165, 1.54) is 22.2 Å². The summed E-state index contributed by atoms with van der Waals surface area (Å²) >= 11 is 3.45. The molecule has 1 aromatic heterocycles. The number of hydrogen-bond acceptors (Lipinski definition) is 13. The highest BCUT2D eigenvalue weighted by atomic mass is 32.2. The molecule has 1 aromatic rings. The molecule has 4 heterocycles. The second-order valence-electron chi connectivity index (χ2n) is 7.33. The SMILES string of the molecule is CN1NC(=O)C(=O)N[C@H]1SCC1=C(C(=O)O)N2C(=O)[C@H](NC(=O)/C(=N\O)c3csc(N)n3)[C@@H]2SC1. The number of anilines is 1. The van der Waals surface area contributed by atoms with Crippen molar-refractivity contribution < 1.29 is 34.3 Å². The molecule has 0 bridgehead atoms. The number of carboxylic acid groups (broad SMARTS) is 1. The van der Waals surface area contributed by atoms with Crippen molar-refractivity contribution in [3.8, 4) is 0 Å². The number of carbonyl (C=O) groups is 5. The van der Waals surface area contributed by atoms with Crippen LogP contribution in [0.5, 0.6) is 0 Å². The van der Waals surface area contributed by atoms with Gasteiger partial charge in [0.05, 0.1) is 0 Å². The third-order valence-corrected chi connectivity index (χ3v) is 8.40. The van der Waals surface area contributed by atoms with Gasteiger partial charge < -0.3 is 26.7 Å². The number of amides is 4. The average Bonchev–Trinajstić information content (AvgIpc) is 3.24. The second kappa shape index (κ2) is 9.72. The predicted molar refractivity (Wildman–Crippen MR) is 125 cm³/mol. The van der Waals surface area contributed by atoms with E-state index in [0.29, 0.717) is 5.57 Å². The maximum atomic E-state index is 12.8. The minimum absolute atomic E-state index is 0.0359. The maximum Gasteiger partial charge on any atom is 0.352 e. The number of hydrogen-bond donors (Lipinski definition) is 6. The first-order valence-electron chi connectivity index (χ1n) is 9.72. The monoisotopic (exact) mass is 542 g/mol. The Morgan fingerprint density at radius 2 is 2.11 bits per heavy atom. The molecule has 0 aromatic carbocycles. The molecule has 3 atom stereocenters. The van der Waals surface area contributed by atoms with Crippen LogP contribution in [-0.4, -0.2) is 96.0 Å². The molecule has 18 heteroatoms. The van der Waals surface area contributed by atoms with E-state index in [0.717, 1.165) is 28.0 Å². The van der Waals surface area contributed by atoms with Gasteiger partial charge in [0.15, 0.2) is 10.8 Å². The summed E-state index contributed by atoms with van der Waals surface area (Å²) in [6, 6.07) is -1.04. The average molecular weight is 543 g/mol. The van der Waals surface area contributed by atoms with E-state index in [9.17, 15) is 34.3 Å². The van der Waals surface area contributed by atoms with Gasteiger partial charge in [0, 0.05) is 23.9 Å². The molecule has 186 valence electrons. The summed E-state index contributed by atoms with van der Waals surface area (Å²) < 4.78 is 0. The smallest absolute Gasteiger partial charge is 0.352 e. The van der Waals surface area contributed by atoms with Crippen molar-refractivity contribution in [2.45, 2.75) is 16.9 Å². The number of nitrogen functional groups attached to an aromatic ring is 1. The van der Waals surface area contributed by atoms with Crippen molar-refractivity contribution in [2.24, 2.45) is 5.16 Å². The van der Waals surface area contributed by atoms with Gasteiger partial charge in [-0.3, -0.25) is 29.5 Å². The molecule has 0 aliphatic carbocycles. The summed E-state index contributed by atoms with van der Waals surface area (Å²) in [6.07, 6.45) is 0. The van der Waals surface area contributed by atoms with Gasteiger partial charge in [-0.2, -0.15) is 5.01 Å². The fourth-order valence-corrected chi connectivity index (χ4v) is 6.58. The lowest BCUT2D eigenvalue weighted by Crippen LogP contribution is -2.71. The normalized spacial score (nSPS) is 24.9.